The molecule has 112 valence electrons. The number of methoxy groups -OCH3 is 2. The van der Waals surface area contributed by atoms with Gasteiger partial charge in [0.1, 0.15) is 29.0 Å². The maximum atomic E-state index is 9.29. The maximum absolute atomic E-state index is 9.29. The quantitative estimate of drug-likeness (QED) is 0.881. The third kappa shape index (κ3) is 2.13. The number of nitrogens with zero attached hydrogens (tertiary/aromatic N) is 2. The van der Waals surface area contributed by atoms with Gasteiger partial charge in [0.15, 0.2) is 0 Å². The standard InChI is InChI=1S/C16H16N4O2/c1-21-11-3-4-15(22-2)14(5-11)20-8-10-7-19-16(18)12(6-17)13(10)9-20/h3-5,7,9,19H,8,18H2,1-2H3. The Labute approximate surface area is 128 Å². The van der Waals surface area contributed by atoms with Crippen LogP contribution >= 0.6 is 0 Å². The van der Waals surface area contributed by atoms with Gasteiger partial charge in [-0.15, -0.1) is 0 Å². The lowest BCUT2D eigenvalue weighted by Crippen LogP contribution is -2.22. The molecule has 0 atom stereocenters. The molecule has 6 nitrogen and oxygen atoms in total. The SMILES string of the molecule is COc1ccc(OC)c(N2C=C3C(=CNC(N)=C3C#N)C2)c1. The van der Waals surface area contributed by atoms with Gasteiger partial charge in [0.25, 0.3) is 0 Å². The third-order valence-corrected chi connectivity index (χ3v) is 3.72. The van der Waals surface area contributed by atoms with Crippen LogP contribution in [0.15, 0.2) is 53.1 Å². The van der Waals surface area contributed by atoms with E-state index in [4.69, 9.17) is 15.2 Å². The van der Waals surface area contributed by atoms with Crippen LogP contribution < -0.4 is 25.4 Å². The summed E-state index contributed by atoms with van der Waals surface area (Å²) in [6.07, 6.45) is 3.74. The van der Waals surface area contributed by atoms with Crippen LogP contribution in [0.2, 0.25) is 0 Å². The minimum atomic E-state index is 0.372. The van der Waals surface area contributed by atoms with E-state index in [0.29, 0.717) is 17.9 Å². The average Bonchev–Trinajstić information content (AvgIpc) is 2.98. The summed E-state index contributed by atoms with van der Waals surface area (Å²) in [6.45, 7) is 0.629. The van der Waals surface area contributed by atoms with Crippen molar-refractivity contribution in [3.05, 3.63) is 53.1 Å². The van der Waals surface area contributed by atoms with Gasteiger partial charge in [-0.05, 0) is 17.7 Å². The molecule has 1 aromatic rings. The number of rotatable bonds is 3. The van der Waals surface area contributed by atoms with Crippen molar-refractivity contribution in [2.24, 2.45) is 5.73 Å². The number of nitrogens with two attached hydrogens (primary N) is 1. The molecule has 3 rings (SSSR count). The van der Waals surface area contributed by atoms with Crippen LogP contribution in [-0.2, 0) is 0 Å². The summed E-state index contributed by atoms with van der Waals surface area (Å²) < 4.78 is 10.7. The molecule has 0 amide bonds. The van der Waals surface area contributed by atoms with Gasteiger partial charge >= 0.3 is 0 Å². The van der Waals surface area contributed by atoms with E-state index in [1.165, 1.54) is 0 Å². The highest BCUT2D eigenvalue weighted by Gasteiger charge is 2.28. The molecule has 0 bridgehead atoms. The van der Waals surface area contributed by atoms with E-state index < -0.39 is 0 Å². The van der Waals surface area contributed by atoms with Crippen molar-refractivity contribution in [3.8, 4) is 17.6 Å². The number of allylic oxidation sites excluding steroid dienone is 1. The van der Waals surface area contributed by atoms with Crippen LogP contribution in [0, 0.1) is 11.3 Å². The minimum Gasteiger partial charge on any atom is -0.497 e. The molecule has 0 radical (unpaired) electrons. The van der Waals surface area contributed by atoms with Crippen molar-refractivity contribution in [2.75, 3.05) is 25.7 Å². The summed E-state index contributed by atoms with van der Waals surface area (Å²) in [7, 11) is 3.25. The monoisotopic (exact) mass is 296 g/mol. The number of nitriles is 1. The van der Waals surface area contributed by atoms with Gasteiger partial charge in [0.05, 0.1) is 19.9 Å². The average molecular weight is 296 g/mol. The van der Waals surface area contributed by atoms with Gasteiger partial charge in [0, 0.05) is 30.6 Å². The summed E-state index contributed by atoms with van der Waals surface area (Å²) in [5.74, 6) is 1.85. The Bertz CT molecular complexity index is 756. The van der Waals surface area contributed by atoms with E-state index in [-0.39, 0.29) is 0 Å². The normalized spacial score (nSPS) is 16.3. The Morgan fingerprint density at radius 1 is 1.32 bits per heavy atom. The Balaban J connectivity index is 2.04. The predicted molar refractivity (Wildman–Crippen MR) is 83.0 cm³/mol. The first kappa shape index (κ1) is 13.9. The largest absolute Gasteiger partial charge is 0.497 e. The number of dihydropyridines is 1. The molecule has 0 unspecified atom stereocenters. The molecular weight excluding hydrogens is 280 g/mol. The Kier molecular flexibility index (Phi) is 3.39. The molecular formula is C16H16N4O2. The van der Waals surface area contributed by atoms with Gasteiger partial charge in [-0.25, -0.2) is 0 Å². The zero-order valence-corrected chi connectivity index (χ0v) is 12.4. The highest BCUT2D eigenvalue weighted by Crippen LogP contribution is 2.38. The summed E-state index contributed by atoms with van der Waals surface area (Å²) in [5, 5.41) is 12.2. The van der Waals surface area contributed by atoms with Crippen LogP contribution in [0.4, 0.5) is 5.69 Å². The second-order valence-corrected chi connectivity index (χ2v) is 4.92. The Morgan fingerprint density at radius 2 is 2.14 bits per heavy atom. The highest BCUT2D eigenvalue weighted by molar-refractivity contribution is 5.71. The molecule has 0 fully saturated rings. The molecule has 2 aliphatic heterocycles. The lowest BCUT2D eigenvalue weighted by atomic mass is 10.0. The van der Waals surface area contributed by atoms with Crippen LogP contribution in [0.1, 0.15) is 0 Å². The first-order chi connectivity index (χ1) is 10.7. The molecule has 0 aromatic heterocycles. The number of fused-ring (bicyclic) bond motifs is 1. The summed E-state index contributed by atoms with van der Waals surface area (Å²) in [5.41, 5.74) is 9.01. The fourth-order valence-corrected chi connectivity index (χ4v) is 2.58. The molecule has 2 aliphatic rings. The van der Waals surface area contributed by atoms with Crippen molar-refractivity contribution in [3.63, 3.8) is 0 Å². The van der Waals surface area contributed by atoms with Gasteiger partial charge < -0.3 is 25.4 Å². The van der Waals surface area contributed by atoms with Gasteiger partial charge in [-0.1, -0.05) is 0 Å². The fraction of sp³-hybridized carbons (Fsp3) is 0.188. The molecule has 1 aromatic carbocycles. The molecule has 3 N–H and O–H groups in total. The lowest BCUT2D eigenvalue weighted by molar-refractivity contribution is 0.403. The molecule has 2 heterocycles. The molecule has 0 saturated heterocycles. The number of ether oxygens (including phenoxy) is 2. The third-order valence-electron chi connectivity index (χ3n) is 3.72. The second-order valence-electron chi connectivity index (χ2n) is 4.92. The number of benzene rings is 1. The lowest BCUT2D eigenvalue weighted by Gasteiger charge is -2.19. The Morgan fingerprint density at radius 3 is 2.82 bits per heavy atom. The van der Waals surface area contributed by atoms with Crippen molar-refractivity contribution in [1.29, 1.82) is 5.26 Å². The molecule has 0 saturated carbocycles. The van der Waals surface area contributed by atoms with E-state index in [1.54, 1.807) is 14.2 Å². The van der Waals surface area contributed by atoms with Crippen LogP contribution in [-0.4, -0.2) is 20.8 Å². The molecule has 0 spiro atoms. The molecule has 6 heteroatoms. The fourth-order valence-electron chi connectivity index (χ4n) is 2.58. The number of nitrogens with one attached hydrogen (secondary N) is 1. The van der Waals surface area contributed by atoms with E-state index in [0.717, 1.165) is 28.3 Å². The van der Waals surface area contributed by atoms with E-state index in [2.05, 4.69) is 11.4 Å². The van der Waals surface area contributed by atoms with E-state index >= 15 is 0 Å². The number of hydrogen-bond acceptors (Lipinski definition) is 6. The zero-order valence-electron chi connectivity index (χ0n) is 12.4. The van der Waals surface area contributed by atoms with Crippen molar-refractivity contribution in [1.82, 2.24) is 5.32 Å². The van der Waals surface area contributed by atoms with Crippen molar-refractivity contribution >= 4 is 5.69 Å². The second kappa shape index (κ2) is 5.37. The first-order valence-corrected chi connectivity index (χ1v) is 6.74. The number of hydrogen-bond donors (Lipinski definition) is 2. The smallest absolute Gasteiger partial charge is 0.142 e. The van der Waals surface area contributed by atoms with E-state index in [1.807, 2.05) is 35.5 Å². The number of anilines is 1. The molecule has 22 heavy (non-hydrogen) atoms. The predicted octanol–water partition coefficient (Wildman–Crippen LogP) is 1.59. The zero-order chi connectivity index (χ0) is 15.7. The van der Waals surface area contributed by atoms with Crippen molar-refractivity contribution in [2.45, 2.75) is 0 Å². The van der Waals surface area contributed by atoms with Crippen molar-refractivity contribution < 1.29 is 9.47 Å². The first-order valence-electron chi connectivity index (χ1n) is 6.74. The van der Waals surface area contributed by atoms with Gasteiger partial charge in [0.2, 0.25) is 0 Å². The van der Waals surface area contributed by atoms with Gasteiger partial charge in [-0.2, -0.15) is 5.26 Å². The van der Waals surface area contributed by atoms with Crippen LogP contribution in [0.3, 0.4) is 0 Å². The van der Waals surface area contributed by atoms with Crippen LogP contribution in [0.5, 0.6) is 11.5 Å². The topological polar surface area (TPSA) is 83.5 Å². The maximum Gasteiger partial charge on any atom is 0.142 e. The molecule has 0 aliphatic carbocycles. The summed E-state index contributed by atoms with van der Waals surface area (Å²) in [6, 6.07) is 7.75. The minimum absolute atomic E-state index is 0.372. The Hall–Kier alpha value is -3.07. The van der Waals surface area contributed by atoms with Crippen LogP contribution in [0.25, 0.3) is 0 Å². The highest BCUT2D eigenvalue weighted by atomic mass is 16.5. The summed E-state index contributed by atoms with van der Waals surface area (Å²) >= 11 is 0. The summed E-state index contributed by atoms with van der Waals surface area (Å²) in [4.78, 5) is 2.01. The van der Waals surface area contributed by atoms with E-state index in [9.17, 15) is 5.26 Å². The van der Waals surface area contributed by atoms with Gasteiger partial charge in [-0.3, -0.25) is 0 Å².